The van der Waals surface area contributed by atoms with E-state index in [4.69, 9.17) is 5.73 Å². The third kappa shape index (κ3) is 3.37. The molecule has 1 aliphatic rings. The smallest absolute Gasteiger partial charge is 0.0512 e. The summed E-state index contributed by atoms with van der Waals surface area (Å²) in [6, 6.07) is 1.98. The predicted molar refractivity (Wildman–Crippen MR) is 68.2 cm³/mol. The highest BCUT2D eigenvalue weighted by Gasteiger charge is 2.13. The fourth-order valence-corrected chi connectivity index (χ4v) is 2.74. The number of nitrogens with two attached hydrogens (primary N) is 1. The lowest BCUT2D eigenvalue weighted by molar-refractivity contribution is 0.351. The number of hydrogen-bond acceptors (Lipinski definition) is 5. The molecule has 1 aromatic heterocycles. The summed E-state index contributed by atoms with van der Waals surface area (Å²) in [5.41, 5.74) is 6.45. The summed E-state index contributed by atoms with van der Waals surface area (Å²) >= 11 is 1.76. The third-order valence-electron chi connectivity index (χ3n) is 2.65. The number of pyridine rings is 1. The van der Waals surface area contributed by atoms with E-state index in [1.807, 2.05) is 12.3 Å². The second-order valence-corrected chi connectivity index (χ2v) is 5.30. The van der Waals surface area contributed by atoms with E-state index < -0.39 is 0 Å². The van der Waals surface area contributed by atoms with Crippen LogP contribution in [-0.4, -0.2) is 47.4 Å². The summed E-state index contributed by atoms with van der Waals surface area (Å²) in [5, 5.41) is 0. The van der Waals surface area contributed by atoms with Gasteiger partial charge in [-0.05, 0) is 38.0 Å². The van der Waals surface area contributed by atoms with Crippen LogP contribution in [0.4, 0.5) is 5.69 Å². The van der Waals surface area contributed by atoms with E-state index >= 15 is 0 Å². The standard InChI is InChI=1S/C11H18N4S/c1-14-3-2-4-15(6-5-14)16-11-7-10(12)8-13-9-11/h7-9H,2-6,12H2,1H3. The quantitative estimate of drug-likeness (QED) is 0.787. The van der Waals surface area contributed by atoms with Crippen molar-refractivity contribution in [1.82, 2.24) is 14.2 Å². The minimum Gasteiger partial charge on any atom is -0.397 e. The molecular formula is C11H18N4S. The van der Waals surface area contributed by atoms with E-state index in [0.717, 1.165) is 30.2 Å². The first-order valence-corrected chi connectivity index (χ1v) is 6.33. The van der Waals surface area contributed by atoms with E-state index in [1.54, 1.807) is 18.1 Å². The Morgan fingerprint density at radius 3 is 2.94 bits per heavy atom. The molecule has 0 aliphatic carbocycles. The maximum Gasteiger partial charge on any atom is 0.0512 e. The van der Waals surface area contributed by atoms with Crippen LogP contribution < -0.4 is 5.73 Å². The van der Waals surface area contributed by atoms with Crippen molar-refractivity contribution in [3.05, 3.63) is 18.5 Å². The van der Waals surface area contributed by atoms with Crippen LogP contribution in [0, 0.1) is 0 Å². The summed E-state index contributed by atoms with van der Waals surface area (Å²) in [7, 11) is 2.18. The van der Waals surface area contributed by atoms with Gasteiger partial charge in [-0.1, -0.05) is 0 Å². The van der Waals surface area contributed by atoms with Crippen LogP contribution in [0.3, 0.4) is 0 Å². The van der Waals surface area contributed by atoms with E-state index in [9.17, 15) is 0 Å². The molecular weight excluding hydrogens is 220 g/mol. The molecule has 2 heterocycles. The van der Waals surface area contributed by atoms with Gasteiger partial charge in [0, 0.05) is 36.9 Å². The van der Waals surface area contributed by atoms with Gasteiger partial charge in [0.1, 0.15) is 0 Å². The van der Waals surface area contributed by atoms with Crippen molar-refractivity contribution in [2.45, 2.75) is 11.3 Å². The van der Waals surface area contributed by atoms with Crippen molar-refractivity contribution in [3.8, 4) is 0 Å². The molecule has 0 amide bonds. The first kappa shape index (κ1) is 11.7. The van der Waals surface area contributed by atoms with Crippen LogP contribution in [0.15, 0.2) is 23.4 Å². The largest absolute Gasteiger partial charge is 0.397 e. The Morgan fingerprint density at radius 2 is 2.12 bits per heavy atom. The Morgan fingerprint density at radius 1 is 1.25 bits per heavy atom. The maximum absolute atomic E-state index is 5.71. The average molecular weight is 238 g/mol. The van der Waals surface area contributed by atoms with E-state index in [-0.39, 0.29) is 0 Å². The highest BCUT2D eigenvalue weighted by atomic mass is 32.2. The number of hydrogen-bond donors (Lipinski definition) is 1. The minimum atomic E-state index is 0.733. The molecule has 0 bridgehead atoms. The van der Waals surface area contributed by atoms with Crippen LogP contribution in [0.2, 0.25) is 0 Å². The van der Waals surface area contributed by atoms with Crippen LogP contribution in [-0.2, 0) is 0 Å². The fourth-order valence-electron chi connectivity index (χ4n) is 1.75. The van der Waals surface area contributed by atoms with Crippen molar-refractivity contribution < 1.29 is 0 Å². The van der Waals surface area contributed by atoms with Crippen molar-refractivity contribution in [3.63, 3.8) is 0 Å². The molecule has 1 aliphatic heterocycles. The Kier molecular flexibility index (Phi) is 4.04. The Bertz CT molecular complexity index is 345. The van der Waals surface area contributed by atoms with E-state index in [0.29, 0.717) is 0 Å². The number of nitrogen functional groups attached to an aromatic ring is 1. The Labute approximate surface area is 101 Å². The molecule has 2 N–H and O–H groups in total. The first-order valence-electron chi connectivity index (χ1n) is 5.56. The molecule has 4 nitrogen and oxygen atoms in total. The first-order chi connectivity index (χ1) is 7.74. The third-order valence-corrected chi connectivity index (χ3v) is 3.70. The minimum absolute atomic E-state index is 0.733. The molecule has 1 saturated heterocycles. The van der Waals surface area contributed by atoms with Crippen LogP contribution in [0.5, 0.6) is 0 Å². The van der Waals surface area contributed by atoms with Crippen LogP contribution in [0.1, 0.15) is 6.42 Å². The van der Waals surface area contributed by atoms with Gasteiger partial charge in [0.15, 0.2) is 0 Å². The molecule has 0 aromatic carbocycles. The van der Waals surface area contributed by atoms with Gasteiger partial charge in [-0.2, -0.15) is 0 Å². The van der Waals surface area contributed by atoms with Crippen molar-refractivity contribution in [2.24, 2.45) is 0 Å². The summed E-state index contributed by atoms with van der Waals surface area (Å²) in [4.78, 5) is 7.61. The zero-order chi connectivity index (χ0) is 11.4. The number of likely N-dealkylation sites (N-methyl/N-ethyl adjacent to an activating group) is 1. The average Bonchev–Trinajstić information content (AvgIpc) is 2.44. The number of nitrogens with zero attached hydrogens (tertiary/aromatic N) is 3. The van der Waals surface area contributed by atoms with Gasteiger partial charge in [-0.3, -0.25) is 4.98 Å². The molecule has 2 rings (SSSR count). The molecule has 1 fully saturated rings. The molecule has 16 heavy (non-hydrogen) atoms. The summed E-state index contributed by atoms with van der Waals surface area (Å²) < 4.78 is 2.39. The molecule has 0 atom stereocenters. The van der Waals surface area contributed by atoms with E-state index in [2.05, 4.69) is 21.2 Å². The second-order valence-electron chi connectivity index (χ2n) is 4.13. The lowest BCUT2D eigenvalue weighted by Crippen LogP contribution is -2.24. The highest BCUT2D eigenvalue weighted by Crippen LogP contribution is 2.24. The monoisotopic (exact) mass is 238 g/mol. The van der Waals surface area contributed by atoms with Gasteiger partial charge in [0.05, 0.1) is 5.69 Å². The molecule has 5 heteroatoms. The Hall–Kier alpha value is -0.780. The van der Waals surface area contributed by atoms with Gasteiger partial charge < -0.3 is 10.6 Å². The number of rotatable bonds is 2. The topological polar surface area (TPSA) is 45.4 Å². The molecule has 0 unspecified atom stereocenters. The Balaban J connectivity index is 1.93. The van der Waals surface area contributed by atoms with Crippen molar-refractivity contribution in [1.29, 1.82) is 0 Å². The van der Waals surface area contributed by atoms with Crippen LogP contribution in [0.25, 0.3) is 0 Å². The van der Waals surface area contributed by atoms with Crippen molar-refractivity contribution >= 4 is 17.6 Å². The second kappa shape index (κ2) is 5.52. The van der Waals surface area contributed by atoms with Gasteiger partial charge in [0.25, 0.3) is 0 Å². The zero-order valence-electron chi connectivity index (χ0n) is 9.59. The summed E-state index contributed by atoms with van der Waals surface area (Å²) in [6.07, 6.45) is 4.77. The lowest BCUT2D eigenvalue weighted by atomic mass is 10.4. The predicted octanol–water partition coefficient (Wildman–Crippen LogP) is 1.31. The highest BCUT2D eigenvalue weighted by molar-refractivity contribution is 7.97. The van der Waals surface area contributed by atoms with E-state index in [1.165, 1.54) is 13.0 Å². The molecule has 0 saturated carbocycles. The summed E-state index contributed by atoms with van der Waals surface area (Å²) in [5.74, 6) is 0. The van der Waals surface area contributed by atoms with Gasteiger partial charge in [-0.15, -0.1) is 0 Å². The van der Waals surface area contributed by atoms with Gasteiger partial charge in [-0.25, -0.2) is 4.31 Å². The maximum atomic E-state index is 5.71. The molecule has 1 aromatic rings. The normalized spacial score (nSPS) is 19.6. The molecule has 88 valence electrons. The SMILES string of the molecule is CN1CCCN(Sc2cncc(N)c2)CC1. The lowest BCUT2D eigenvalue weighted by Gasteiger charge is -2.18. The van der Waals surface area contributed by atoms with Crippen molar-refractivity contribution in [2.75, 3.05) is 39.0 Å². The summed E-state index contributed by atoms with van der Waals surface area (Å²) in [6.45, 7) is 4.54. The number of aromatic nitrogens is 1. The zero-order valence-corrected chi connectivity index (χ0v) is 10.4. The fraction of sp³-hybridized carbons (Fsp3) is 0.545. The van der Waals surface area contributed by atoms with Gasteiger partial charge in [0.2, 0.25) is 0 Å². The number of anilines is 1. The van der Waals surface area contributed by atoms with Crippen LogP contribution >= 0.6 is 11.9 Å². The molecule has 0 radical (unpaired) electrons. The van der Waals surface area contributed by atoms with Gasteiger partial charge >= 0.3 is 0 Å². The molecule has 0 spiro atoms.